The fourth-order valence-corrected chi connectivity index (χ4v) is 1.15. The zero-order valence-corrected chi connectivity index (χ0v) is 8.34. The minimum atomic E-state index is -1.03. The van der Waals surface area contributed by atoms with Crippen LogP contribution in [-0.2, 0) is 0 Å². The van der Waals surface area contributed by atoms with Gasteiger partial charge < -0.3 is 5.11 Å². The molecule has 0 aliphatic heterocycles. The second-order valence-electron chi connectivity index (χ2n) is 3.44. The summed E-state index contributed by atoms with van der Waals surface area (Å²) in [6, 6.07) is 3.04. The van der Waals surface area contributed by atoms with Crippen LogP contribution in [0.25, 0.3) is 0 Å². The Labute approximate surface area is 86.5 Å². The third-order valence-electron chi connectivity index (χ3n) is 2.03. The van der Waals surface area contributed by atoms with E-state index in [0.29, 0.717) is 6.42 Å². The van der Waals surface area contributed by atoms with Gasteiger partial charge in [0, 0.05) is 12.0 Å². The maximum atomic E-state index is 12.8. The summed E-state index contributed by atoms with van der Waals surface area (Å²) in [6.07, 6.45) is -0.125. The molecule has 0 aromatic heterocycles. The van der Waals surface area contributed by atoms with Crippen molar-refractivity contribution in [2.45, 2.75) is 25.9 Å². The number of aliphatic hydroxyl groups excluding tert-OH is 1. The quantitative estimate of drug-likeness (QED) is 0.781. The van der Waals surface area contributed by atoms with Gasteiger partial charge in [-0.2, -0.15) is 0 Å². The van der Waals surface area contributed by atoms with Crippen molar-refractivity contribution in [1.29, 1.82) is 0 Å². The second-order valence-corrected chi connectivity index (χ2v) is 3.44. The second kappa shape index (κ2) is 4.98. The van der Waals surface area contributed by atoms with Crippen LogP contribution in [0.1, 0.15) is 30.1 Å². The minimum absolute atomic E-state index is 0.128. The number of ketones is 1. The first-order chi connectivity index (χ1) is 7.00. The molecule has 0 saturated carbocycles. The topological polar surface area (TPSA) is 37.3 Å². The van der Waals surface area contributed by atoms with Crippen LogP contribution in [0.5, 0.6) is 0 Å². The largest absolute Gasteiger partial charge is 0.393 e. The molecule has 2 nitrogen and oxygen atoms in total. The van der Waals surface area contributed by atoms with Gasteiger partial charge in [-0.3, -0.25) is 4.79 Å². The molecule has 0 spiro atoms. The monoisotopic (exact) mass is 214 g/mol. The van der Waals surface area contributed by atoms with E-state index in [4.69, 9.17) is 5.11 Å². The molecular formula is C11H12F2O2. The summed E-state index contributed by atoms with van der Waals surface area (Å²) in [6.45, 7) is 1.57. The highest BCUT2D eigenvalue weighted by atomic mass is 19.2. The summed E-state index contributed by atoms with van der Waals surface area (Å²) < 4.78 is 25.3. The van der Waals surface area contributed by atoms with E-state index < -0.39 is 17.7 Å². The standard InChI is InChI=1S/C11H12F2O2/c1-7(14)2-5-11(15)8-3-4-9(12)10(13)6-8/h3-4,6-7,14H,2,5H2,1H3. The first kappa shape index (κ1) is 11.8. The molecule has 0 aliphatic rings. The number of benzene rings is 1. The van der Waals surface area contributed by atoms with E-state index in [9.17, 15) is 13.6 Å². The molecule has 0 aliphatic carbocycles. The van der Waals surface area contributed by atoms with Gasteiger partial charge in [0.05, 0.1) is 6.10 Å². The van der Waals surface area contributed by atoms with Crippen LogP contribution in [0.15, 0.2) is 18.2 Å². The number of hydrogen-bond acceptors (Lipinski definition) is 2. The molecule has 1 N–H and O–H groups in total. The summed E-state index contributed by atoms with van der Waals surface area (Å²) in [7, 11) is 0. The Morgan fingerprint density at radius 3 is 2.60 bits per heavy atom. The van der Waals surface area contributed by atoms with E-state index in [2.05, 4.69) is 0 Å². The number of carbonyl (C=O) groups excluding carboxylic acids is 1. The number of carbonyl (C=O) groups is 1. The molecule has 4 heteroatoms. The van der Waals surface area contributed by atoms with Crippen molar-refractivity contribution >= 4 is 5.78 Å². The van der Waals surface area contributed by atoms with Crippen molar-refractivity contribution < 1.29 is 18.7 Å². The van der Waals surface area contributed by atoms with Gasteiger partial charge in [-0.05, 0) is 31.5 Å². The molecule has 82 valence electrons. The third-order valence-corrected chi connectivity index (χ3v) is 2.03. The number of aliphatic hydroxyl groups is 1. The molecule has 1 aromatic carbocycles. The van der Waals surface area contributed by atoms with Gasteiger partial charge in [0.1, 0.15) is 0 Å². The van der Waals surface area contributed by atoms with Gasteiger partial charge >= 0.3 is 0 Å². The average Bonchev–Trinajstić information content (AvgIpc) is 2.18. The Bertz CT molecular complexity index is 362. The van der Waals surface area contributed by atoms with Crippen molar-refractivity contribution in [2.75, 3.05) is 0 Å². The first-order valence-electron chi connectivity index (χ1n) is 4.67. The average molecular weight is 214 g/mol. The predicted octanol–water partition coefficient (Wildman–Crippen LogP) is 2.31. The zero-order valence-electron chi connectivity index (χ0n) is 8.34. The number of halogens is 2. The molecule has 1 unspecified atom stereocenters. The van der Waals surface area contributed by atoms with E-state index in [1.165, 1.54) is 6.07 Å². The fraction of sp³-hybridized carbons (Fsp3) is 0.364. The molecule has 0 fully saturated rings. The lowest BCUT2D eigenvalue weighted by molar-refractivity contribution is 0.0949. The van der Waals surface area contributed by atoms with Crippen LogP contribution in [0.2, 0.25) is 0 Å². The van der Waals surface area contributed by atoms with Gasteiger partial charge in [0.2, 0.25) is 0 Å². The smallest absolute Gasteiger partial charge is 0.163 e. The summed E-state index contributed by atoms with van der Waals surface area (Å²) >= 11 is 0. The lowest BCUT2D eigenvalue weighted by Crippen LogP contribution is -2.06. The van der Waals surface area contributed by atoms with E-state index in [-0.39, 0.29) is 17.8 Å². The zero-order chi connectivity index (χ0) is 11.4. The van der Waals surface area contributed by atoms with Gasteiger partial charge in [-0.1, -0.05) is 0 Å². The minimum Gasteiger partial charge on any atom is -0.393 e. The molecule has 0 heterocycles. The Morgan fingerprint density at radius 1 is 1.40 bits per heavy atom. The Morgan fingerprint density at radius 2 is 2.07 bits per heavy atom. The van der Waals surface area contributed by atoms with Crippen LogP contribution in [0, 0.1) is 11.6 Å². The third kappa shape index (κ3) is 3.40. The van der Waals surface area contributed by atoms with Crippen LogP contribution in [0.3, 0.4) is 0 Å². The normalized spacial score (nSPS) is 12.5. The Balaban J connectivity index is 2.70. The highest BCUT2D eigenvalue weighted by molar-refractivity contribution is 5.96. The summed E-state index contributed by atoms with van der Waals surface area (Å²) in [5.41, 5.74) is 0.134. The van der Waals surface area contributed by atoms with Crippen molar-refractivity contribution in [3.63, 3.8) is 0 Å². The number of Topliss-reactive ketones (excluding diaryl/α,β-unsaturated/α-hetero) is 1. The summed E-state index contributed by atoms with van der Waals surface area (Å²) in [5, 5.41) is 8.96. The van der Waals surface area contributed by atoms with Crippen LogP contribution < -0.4 is 0 Å². The molecule has 1 atom stereocenters. The van der Waals surface area contributed by atoms with Crippen molar-refractivity contribution in [3.05, 3.63) is 35.4 Å². The van der Waals surface area contributed by atoms with Gasteiger partial charge in [0.25, 0.3) is 0 Å². The molecule has 0 saturated heterocycles. The van der Waals surface area contributed by atoms with Crippen molar-refractivity contribution in [3.8, 4) is 0 Å². The maximum absolute atomic E-state index is 12.8. The predicted molar refractivity (Wildman–Crippen MR) is 51.6 cm³/mol. The molecule has 0 radical (unpaired) electrons. The molecule has 0 bridgehead atoms. The fourth-order valence-electron chi connectivity index (χ4n) is 1.15. The van der Waals surface area contributed by atoms with E-state index in [1.54, 1.807) is 6.92 Å². The van der Waals surface area contributed by atoms with Gasteiger partial charge in [0.15, 0.2) is 17.4 Å². The molecule has 0 amide bonds. The van der Waals surface area contributed by atoms with Gasteiger partial charge in [-0.25, -0.2) is 8.78 Å². The Kier molecular flexibility index (Phi) is 3.91. The summed E-state index contributed by atoms with van der Waals surface area (Å²) in [5.74, 6) is -2.30. The van der Waals surface area contributed by atoms with E-state index in [0.717, 1.165) is 12.1 Å². The molecule has 1 rings (SSSR count). The van der Waals surface area contributed by atoms with Crippen LogP contribution in [-0.4, -0.2) is 17.0 Å². The molecule has 15 heavy (non-hydrogen) atoms. The molecule has 1 aromatic rings. The van der Waals surface area contributed by atoms with Crippen molar-refractivity contribution in [2.24, 2.45) is 0 Å². The van der Waals surface area contributed by atoms with Gasteiger partial charge in [-0.15, -0.1) is 0 Å². The van der Waals surface area contributed by atoms with E-state index in [1.807, 2.05) is 0 Å². The Hall–Kier alpha value is -1.29. The van der Waals surface area contributed by atoms with E-state index >= 15 is 0 Å². The lowest BCUT2D eigenvalue weighted by atomic mass is 10.0. The molecular weight excluding hydrogens is 202 g/mol. The van der Waals surface area contributed by atoms with Crippen LogP contribution >= 0.6 is 0 Å². The van der Waals surface area contributed by atoms with Crippen molar-refractivity contribution in [1.82, 2.24) is 0 Å². The lowest BCUT2D eigenvalue weighted by Gasteiger charge is -2.03. The first-order valence-corrected chi connectivity index (χ1v) is 4.67. The maximum Gasteiger partial charge on any atom is 0.163 e. The number of rotatable bonds is 4. The van der Waals surface area contributed by atoms with Crippen LogP contribution in [0.4, 0.5) is 8.78 Å². The highest BCUT2D eigenvalue weighted by Gasteiger charge is 2.10. The highest BCUT2D eigenvalue weighted by Crippen LogP contribution is 2.12. The number of hydrogen-bond donors (Lipinski definition) is 1. The summed E-state index contributed by atoms with van der Waals surface area (Å²) in [4.78, 5) is 11.4. The SMILES string of the molecule is CC(O)CCC(=O)c1ccc(F)c(F)c1.